The highest BCUT2D eigenvalue weighted by molar-refractivity contribution is 6.31. The molecule has 3 rings (SSSR count). The average molecular weight is 386 g/mol. The molecule has 0 aliphatic heterocycles. The van der Waals surface area contributed by atoms with Crippen molar-refractivity contribution in [3.05, 3.63) is 40.5 Å². The first-order chi connectivity index (χ1) is 12.4. The van der Waals surface area contributed by atoms with Crippen LogP contribution in [0.2, 0.25) is 5.02 Å². The minimum absolute atomic E-state index is 0.0182. The highest BCUT2D eigenvalue weighted by Crippen LogP contribution is 2.39. The molecule has 0 spiro atoms. The molecule has 1 N–H and O–H groups in total. The largest absolute Gasteiger partial charge is 0.496 e. The van der Waals surface area contributed by atoms with Crippen LogP contribution in [-0.2, 0) is 6.54 Å². The Morgan fingerprint density at radius 1 is 1.42 bits per heavy atom. The van der Waals surface area contributed by atoms with E-state index in [4.69, 9.17) is 20.9 Å². The van der Waals surface area contributed by atoms with E-state index in [0.717, 1.165) is 0 Å². The molecule has 1 aromatic heterocycles. The second-order valence-electron chi connectivity index (χ2n) is 6.20. The molecule has 0 radical (unpaired) electrons. The summed E-state index contributed by atoms with van der Waals surface area (Å²) in [5, 5.41) is 6.92. The Balaban J connectivity index is 1.60. The molecule has 1 fully saturated rings. The zero-order valence-corrected chi connectivity index (χ0v) is 14.9. The van der Waals surface area contributed by atoms with Crippen LogP contribution >= 0.6 is 11.6 Å². The second kappa shape index (κ2) is 7.57. The lowest BCUT2D eigenvalue weighted by Crippen LogP contribution is -2.24. The first-order valence-corrected chi connectivity index (χ1v) is 8.58. The molecule has 0 saturated heterocycles. The number of methoxy groups -OCH3 is 1. The van der Waals surface area contributed by atoms with Gasteiger partial charge in [-0.2, -0.15) is 4.98 Å². The van der Waals surface area contributed by atoms with Crippen molar-refractivity contribution in [1.82, 2.24) is 15.5 Å². The number of ether oxygens (including phenoxy) is 1. The Hall–Kier alpha value is -2.22. The number of carbonyl (C=O) groups excluding carboxylic acids is 1. The van der Waals surface area contributed by atoms with E-state index >= 15 is 0 Å². The lowest BCUT2D eigenvalue weighted by molar-refractivity contribution is -0.0389. The van der Waals surface area contributed by atoms with Crippen LogP contribution in [-0.4, -0.2) is 29.1 Å². The van der Waals surface area contributed by atoms with Gasteiger partial charge >= 0.3 is 0 Å². The second-order valence-corrected chi connectivity index (χ2v) is 6.64. The van der Waals surface area contributed by atoms with Gasteiger partial charge < -0.3 is 14.6 Å². The Morgan fingerprint density at radius 3 is 2.85 bits per heavy atom. The van der Waals surface area contributed by atoms with Crippen molar-refractivity contribution in [1.29, 1.82) is 0 Å². The van der Waals surface area contributed by atoms with E-state index in [0.29, 0.717) is 29.4 Å². The van der Waals surface area contributed by atoms with Crippen LogP contribution in [0.3, 0.4) is 0 Å². The first kappa shape index (κ1) is 18.6. The number of benzene rings is 1. The standard InChI is InChI=1S/C17H18ClF2N3O3/c1-25-13-3-2-11(18)8-12(13)16(24)21-9-14-22-15(23-26-14)10-4-6-17(19,20)7-5-10/h2-3,8,10H,4-7,9H2,1H3,(H,21,24). The molecule has 1 amide bonds. The number of hydrogen-bond donors (Lipinski definition) is 1. The summed E-state index contributed by atoms with van der Waals surface area (Å²) in [6.45, 7) is 0.0182. The third-order valence-electron chi connectivity index (χ3n) is 4.37. The molecule has 1 heterocycles. The predicted molar refractivity (Wildman–Crippen MR) is 89.6 cm³/mol. The van der Waals surface area contributed by atoms with Crippen LogP contribution in [0, 0.1) is 0 Å². The Kier molecular flexibility index (Phi) is 5.41. The normalized spacial score (nSPS) is 17.1. The molecule has 0 atom stereocenters. The van der Waals surface area contributed by atoms with Gasteiger partial charge in [0.25, 0.3) is 5.91 Å². The summed E-state index contributed by atoms with van der Waals surface area (Å²) in [7, 11) is 1.46. The van der Waals surface area contributed by atoms with Crippen LogP contribution in [0.25, 0.3) is 0 Å². The van der Waals surface area contributed by atoms with E-state index in [1.165, 1.54) is 13.2 Å². The van der Waals surface area contributed by atoms with E-state index in [1.807, 2.05) is 0 Å². The minimum atomic E-state index is -2.60. The maximum absolute atomic E-state index is 13.2. The number of rotatable bonds is 5. The maximum Gasteiger partial charge on any atom is 0.255 e. The highest BCUT2D eigenvalue weighted by Gasteiger charge is 2.36. The number of amides is 1. The average Bonchev–Trinajstić information content (AvgIpc) is 3.08. The molecule has 2 aromatic rings. The summed E-state index contributed by atoms with van der Waals surface area (Å²) in [5.74, 6) is -2.14. The van der Waals surface area contributed by atoms with E-state index in [1.54, 1.807) is 12.1 Å². The summed E-state index contributed by atoms with van der Waals surface area (Å²) in [5.41, 5.74) is 0.286. The number of aromatic nitrogens is 2. The minimum Gasteiger partial charge on any atom is -0.496 e. The molecule has 1 aliphatic carbocycles. The van der Waals surface area contributed by atoms with Crippen molar-refractivity contribution >= 4 is 17.5 Å². The number of carbonyl (C=O) groups is 1. The number of alkyl halides is 2. The van der Waals surface area contributed by atoms with E-state index < -0.39 is 11.8 Å². The molecule has 9 heteroatoms. The van der Waals surface area contributed by atoms with Gasteiger partial charge in [-0.25, -0.2) is 8.78 Å². The number of nitrogens with zero attached hydrogens (tertiary/aromatic N) is 2. The Morgan fingerprint density at radius 2 is 2.15 bits per heavy atom. The van der Waals surface area contributed by atoms with Crippen molar-refractivity contribution in [3.63, 3.8) is 0 Å². The van der Waals surface area contributed by atoms with Gasteiger partial charge in [-0.3, -0.25) is 4.79 Å². The van der Waals surface area contributed by atoms with E-state index in [-0.39, 0.29) is 36.8 Å². The zero-order valence-electron chi connectivity index (χ0n) is 14.1. The van der Waals surface area contributed by atoms with Gasteiger partial charge in [0.05, 0.1) is 19.2 Å². The van der Waals surface area contributed by atoms with Crippen molar-refractivity contribution in [2.24, 2.45) is 0 Å². The maximum atomic E-state index is 13.2. The molecular weight excluding hydrogens is 368 g/mol. The van der Waals surface area contributed by atoms with Gasteiger partial charge in [0.15, 0.2) is 5.82 Å². The molecular formula is C17H18ClF2N3O3. The van der Waals surface area contributed by atoms with E-state index in [2.05, 4.69) is 15.5 Å². The van der Waals surface area contributed by atoms with Crippen molar-refractivity contribution in [2.75, 3.05) is 7.11 Å². The predicted octanol–water partition coefficient (Wildman–Crippen LogP) is 3.95. The SMILES string of the molecule is COc1ccc(Cl)cc1C(=O)NCc1nc(C2CCC(F)(F)CC2)no1. The van der Waals surface area contributed by atoms with Gasteiger partial charge in [-0.15, -0.1) is 0 Å². The summed E-state index contributed by atoms with van der Waals surface area (Å²) < 4.78 is 36.7. The van der Waals surface area contributed by atoms with Crippen LogP contribution in [0.15, 0.2) is 22.7 Å². The van der Waals surface area contributed by atoms with Crippen molar-refractivity contribution in [2.45, 2.75) is 44.1 Å². The fraction of sp³-hybridized carbons (Fsp3) is 0.471. The van der Waals surface area contributed by atoms with Gasteiger partial charge in [0.2, 0.25) is 11.8 Å². The van der Waals surface area contributed by atoms with Gasteiger partial charge in [0.1, 0.15) is 5.75 Å². The van der Waals surface area contributed by atoms with Gasteiger partial charge in [0, 0.05) is 23.8 Å². The lowest BCUT2D eigenvalue weighted by Gasteiger charge is -2.26. The summed E-state index contributed by atoms with van der Waals surface area (Å²) in [4.78, 5) is 16.5. The fourth-order valence-electron chi connectivity index (χ4n) is 2.91. The summed E-state index contributed by atoms with van der Waals surface area (Å²) in [6.07, 6.45) is 0.287. The molecule has 0 bridgehead atoms. The zero-order chi connectivity index (χ0) is 18.7. The lowest BCUT2D eigenvalue weighted by atomic mass is 9.86. The van der Waals surface area contributed by atoms with Crippen LogP contribution in [0.1, 0.15) is 53.7 Å². The summed E-state index contributed by atoms with van der Waals surface area (Å²) in [6, 6.07) is 4.72. The third kappa shape index (κ3) is 4.30. The van der Waals surface area contributed by atoms with Gasteiger partial charge in [-0.1, -0.05) is 16.8 Å². The molecule has 1 aromatic carbocycles. The van der Waals surface area contributed by atoms with Gasteiger partial charge in [-0.05, 0) is 31.0 Å². The molecule has 6 nitrogen and oxygen atoms in total. The van der Waals surface area contributed by atoms with Crippen LogP contribution in [0.5, 0.6) is 5.75 Å². The number of hydrogen-bond acceptors (Lipinski definition) is 5. The van der Waals surface area contributed by atoms with Crippen LogP contribution < -0.4 is 10.1 Å². The molecule has 140 valence electrons. The number of halogens is 3. The monoisotopic (exact) mass is 385 g/mol. The quantitative estimate of drug-likeness (QED) is 0.843. The number of nitrogens with one attached hydrogen (secondary N) is 1. The Labute approximate surface area is 153 Å². The third-order valence-corrected chi connectivity index (χ3v) is 4.61. The molecule has 26 heavy (non-hydrogen) atoms. The topological polar surface area (TPSA) is 77.2 Å². The molecule has 1 aliphatic rings. The van der Waals surface area contributed by atoms with E-state index in [9.17, 15) is 13.6 Å². The summed E-state index contributed by atoms with van der Waals surface area (Å²) >= 11 is 5.91. The van der Waals surface area contributed by atoms with Crippen LogP contribution in [0.4, 0.5) is 8.78 Å². The fourth-order valence-corrected chi connectivity index (χ4v) is 3.08. The Bertz CT molecular complexity index is 787. The van der Waals surface area contributed by atoms with Crippen molar-refractivity contribution in [3.8, 4) is 5.75 Å². The molecule has 1 saturated carbocycles. The highest BCUT2D eigenvalue weighted by atomic mass is 35.5. The molecule has 0 unspecified atom stereocenters. The smallest absolute Gasteiger partial charge is 0.255 e. The first-order valence-electron chi connectivity index (χ1n) is 8.20. The van der Waals surface area contributed by atoms with Crippen molar-refractivity contribution < 1.29 is 22.8 Å².